The molecule has 114 valence electrons. The van der Waals surface area contributed by atoms with Gasteiger partial charge < -0.3 is 15.3 Å². The van der Waals surface area contributed by atoms with E-state index in [1.54, 1.807) is 4.90 Å². The topological polar surface area (TPSA) is 69.6 Å². The van der Waals surface area contributed by atoms with Gasteiger partial charge in [0.15, 0.2) is 0 Å². The Labute approximate surface area is 120 Å². The summed E-state index contributed by atoms with van der Waals surface area (Å²) >= 11 is 0. The van der Waals surface area contributed by atoms with Crippen molar-refractivity contribution in [2.24, 2.45) is 11.3 Å². The molecule has 1 aliphatic carbocycles. The summed E-state index contributed by atoms with van der Waals surface area (Å²) < 4.78 is 0. The molecular weight excluding hydrogens is 256 g/mol. The summed E-state index contributed by atoms with van der Waals surface area (Å²) in [6.07, 6.45) is 5.30. The van der Waals surface area contributed by atoms with Crippen LogP contribution in [0, 0.1) is 11.3 Å². The fraction of sp³-hybridized carbons (Fsp3) is 0.867. The van der Waals surface area contributed by atoms with Gasteiger partial charge >= 0.3 is 12.0 Å². The summed E-state index contributed by atoms with van der Waals surface area (Å²) in [6.45, 7) is 5.11. The van der Waals surface area contributed by atoms with Gasteiger partial charge in [0, 0.05) is 19.1 Å². The van der Waals surface area contributed by atoms with E-state index in [1.165, 1.54) is 6.42 Å². The second kappa shape index (κ2) is 6.02. The van der Waals surface area contributed by atoms with Crippen molar-refractivity contribution in [1.82, 2.24) is 10.2 Å². The number of carboxylic acid groups (broad SMARTS) is 1. The first-order chi connectivity index (χ1) is 9.47. The first-order valence-corrected chi connectivity index (χ1v) is 7.75. The molecule has 20 heavy (non-hydrogen) atoms. The maximum absolute atomic E-state index is 12.2. The standard InChI is InChI=1S/C15H26N2O3/c1-3-6-15(13(18)19)7-8-17(10-15)14(20)16-12-5-4-11(2)9-12/h11-12H,3-10H2,1-2H3,(H,16,20)(H,18,19). The van der Waals surface area contributed by atoms with Gasteiger partial charge in [0.05, 0.1) is 5.41 Å². The lowest BCUT2D eigenvalue weighted by Gasteiger charge is -2.25. The van der Waals surface area contributed by atoms with Gasteiger partial charge in [-0.3, -0.25) is 4.79 Å². The molecule has 1 saturated heterocycles. The van der Waals surface area contributed by atoms with E-state index in [-0.39, 0.29) is 12.1 Å². The van der Waals surface area contributed by atoms with Crippen LogP contribution in [0.2, 0.25) is 0 Å². The Morgan fingerprint density at radius 3 is 2.70 bits per heavy atom. The summed E-state index contributed by atoms with van der Waals surface area (Å²) in [6, 6.07) is 0.187. The second-order valence-electron chi connectivity index (χ2n) is 6.57. The Morgan fingerprint density at radius 1 is 1.40 bits per heavy atom. The quantitative estimate of drug-likeness (QED) is 0.832. The molecule has 0 spiro atoms. The van der Waals surface area contributed by atoms with Crippen molar-refractivity contribution in [3.8, 4) is 0 Å². The molecule has 5 nitrogen and oxygen atoms in total. The molecule has 0 bridgehead atoms. The van der Waals surface area contributed by atoms with Gasteiger partial charge in [0.1, 0.15) is 0 Å². The molecule has 0 aromatic carbocycles. The molecule has 1 aliphatic heterocycles. The number of likely N-dealkylation sites (tertiary alicyclic amines) is 1. The normalized spacial score (nSPS) is 33.4. The number of carbonyl (C=O) groups is 2. The monoisotopic (exact) mass is 282 g/mol. The van der Waals surface area contributed by atoms with Crippen molar-refractivity contribution in [3.63, 3.8) is 0 Å². The molecule has 5 heteroatoms. The minimum atomic E-state index is -0.760. The molecule has 0 aromatic heterocycles. The molecule has 0 radical (unpaired) electrons. The number of aliphatic carboxylic acids is 1. The lowest BCUT2D eigenvalue weighted by molar-refractivity contribution is -0.148. The molecule has 2 aliphatic rings. The highest BCUT2D eigenvalue weighted by molar-refractivity contribution is 5.79. The fourth-order valence-corrected chi connectivity index (χ4v) is 3.61. The highest BCUT2D eigenvalue weighted by Crippen LogP contribution is 2.35. The number of hydrogen-bond acceptors (Lipinski definition) is 2. The molecule has 3 unspecified atom stereocenters. The maximum Gasteiger partial charge on any atom is 0.317 e. The van der Waals surface area contributed by atoms with E-state index in [9.17, 15) is 14.7 Å². The van der Waals surface area contributed by atoms with Crippen molar-refractivity contribution in [1.29, 1.82) is 0 Å². The van der Waals surface area contributed by atoms with E-state index in [2.05, 4.69) is 12.2 Å². The number of rotatable bonds is 4. The third-order valence-corrected chi connectivity index (χ3v) is 4.85. The van der Waals surface area contributed by atoms with Crippen LogP contribution in [0.3, 0.4) is 0 Å². The van der Waals surface area contributed by atoms with Crippen molar-refractivity contribution >= 4 is 12.0 Å². The average Bonchev–Trinajstić information content (AvgIpc) is 2.98. The summed E-state index contributed by atoms with van der Waals surface area (Å²) in [5.41, 5.74) is -0.727. The molecule has 3 atom stereocenters. The van der Waals surface area contributed by atoms with Crippen molar-refractivity contribution in [2.45, 2.75) is 58.4 Å². The summed E-state index contributed by atoms with van der Waals surface area (Å²) in [4.78, 5) is 25.4. The molecule has 1 heterocycles. The number of amides is 2. The first kappa shape index (κ1) is 15.1. The zero-order valence-corrected chi connectivity index (χ0v) is 12.5. The van der Waals surface area contributed by atoms with Crippen LogP contribution in [-0.4, -0.2) is 41.1 Å². The number of carboxylic acids is 1. The lowest BCUT2D eigenvalue weighted by atomic mass is 9.83. The maximum atomic E-state index is 12.2. The number of nitrogens with one attached hydrogen (secondary N) is 1. The smallest absolute Gasteiger partial charge is 0.317 e. The van der Waals surface area contributed by atoms with Crippen LogP contribution in [-0.2, 0) is 4.79 Å². The molecular formula is C15H26N2O3. The molecule has 0 aromatic rings. The van der Waals surface area contributed by atoms with E-state index in [0.29, 0.717) is 31.8 Å². The SMILES string of the molecule is CCCC1(C(=O)O)CCN(C(=O)NC2CCC(C)C2)C1. The average molecular weight is 282 g/mol. The number of hydrogen-bond donors (Lipinski definition) is 2. The highest BCUT2D eigenvalue weighted by Gasteiger charge is 2.45. The van der Waals surface area contributed by atoms with Gasteiger partial charge in [0.25, 0.3) is 0 Å². The first-order valence-electron chi connectivity index (χ1n) is 7.75. The van der Waals surface area contributed by atoms with Crippen LogP contribution in [0.5, 0.6) is 0 Å². The van der Waals surface area contributed by atoms with Crippen LogP contribution in [0.25, 0.3) is 0 Å². The largest absolute Gasteiger partial charge is 0.481 e. The summed E-state index contributed by atoms with van der Waals surface area (Å²) in [5, 5.41) is 12.5. The Kier molecular flexibility index (Phi) is 4.55. The Hall–Kier alpha value is -1.26. The molecule has 1 saturated carbocycles. The number of urea groups is 1. The van der Waals surface area contributed by atoms with Gasteiger partial charge in [-0.1, -0.05) is 20.3 Å². The minimum absolute atomic E-state index is 0.0803. The van der Waals surface area contributed by atoms with Crippen molar-refractivity contribution in [2.75, 3.05) is 13.1 Å². The van der Waals surface area contributed by atoms with Gasteiger partial charge in [-0.05, 0) is 38.0 Å². The molecule has 2 N–H and O–H groups in total. The van der Waals surface area contributed by atoms with E-state index in [1.807, 2.05) is 6.92 Å². The fourth-order valence-electron chi connectivity index (χ4n) is 3.61. The molecule has 2 fully saturated rings. The van der Waals surface area contributed by atoms with Crippen LogP contribution >= 0.6 is 0 Å². The lowest BCUT2D eigenvalue weighted by Crippen LogP contribution is -2.44. The van der Waals surface area contributed by atoms with Crippen LogP contribution in [0.15, 0.2) is 0 Å². The molecule has 2 amide bonds. The molecule has 2 rings (SSSR count). The van der Waals surface area contributed by atoms with E-state index >= 15 is 0 Å². The predicted molar refractivity (Wildman–Crippen MR) is 76.5 cm³/mol. The van der Waals surface area contributed by atoms with Gasteiger partial charge in [0.2, 0.25) is 0 Å². The summed E-state index contributed by atoms with van der Waals surface area (Å²) in [7, 11) is 0. The Balaban J connectivity index is 1.91. The van der Waals surface area contributed by atoms with E-state index < -0.39 is 11.4 Å². The zero-order valence-electron chi connectivity index (χ0n) is 12.5. The second-order valence-corrected chi connectivity index (χ2v) is 6.57. The van der Waals surface area contributed by atoms with Crippen molar-refractivity contribution in [3.05, 3.63) is 0 Å². The van der Waals surface area contributed by atoms with Gasteiger partial charge in [-0.2, -0.15) is 0 Å². The Morgan fingerprint density at radius 2 is 2.15 bits per heavy atom. The third kappa shape index (κ3) is 3.07. The van der Waals surface area contributed by atoms with Gasteiger partial charge in [-0.25, -0.2) is 4.79 Å². The zero-order chi connectivity index (χ0) is 14.8. The third-order valence-electron chi connectivity index (χ3n) is 4.85. The van der Waals surface area contributed by atoms with E-state index in [0.717, 1.165) is 19.3 Å². The number of carbonyl (C=O) groups excluding carboxylic acids is 1. The summed E-state index contributed by atoms with van der Waals surface area (Å²) in [5.74, 6) is -0.0822. The number of nitrogens with zero attached hydrogens (tertiary/aromatic N) is 1. The van der Waals surface area contributed by atoms with Crippen LogP contribution in [0.4, 0.5) is 4.79 Å². The van der Waals surface area contributed by atoms with Crippen LogP contribution in [0.1, 0.15) is 52.4 Å². The Bertz CT molecular complexity index is 385. The van der Waals surface area contributed by atoms with Crippen molar-refractivity contribution < 1.29 is 14.7 Å². The van der Waals surface area contributed by atoms with E-state index in [4.69, 9.17) is 0 Å². The van der Waals surface area contributed by atoms with Gasteiger partial charge in [-0.15, -0.1) is 0 Å². The van der Waals surface area contributed by atoms with Crippen LogP contribution < -0.4 is 5.32 Å². The highest BCUT2D eigenvalue weighted by atomic mass is 16.4. The minimum Gasteiger partial charge on any atom is -0.481 e. The predicted octanol–water partition coefficient (Wildman–Crippen LogP) is 2.46.